The number of nitrogens with zero attached hydrogens (tertiary/aromatic N) is 2. The molecule has 158 valence electrons. The summed E-state index contributed by atoms with van der Waals surface area (Å²) in [5.41, 5.74) is 1.92. The molecule has 2 aromatic rings. The summed E-state index contributed by atoms with van der Waals surface area (Å²) in [6.07, 6.45) is 2.78. The Morgan fingerprint density at radius 1 is 1.20 bits per heavy atom. The lowest BCUT2D eigenvalue weighted by atomic mass is 10.0. The summed E-state index contributed by atoms with van der Waals surface area (Å²) >= 11 is 0. The lowest BCUT2D eigenvalue weighted by Gasteiger charge is -2.25. The number of hydrogen-bond donors (Lipinski definition) is 1. The van der Waals surface area contributed by atoms with Crippen LogP contribution in [0.5, 0.6) is 11.5 Å². The molecular weight excluding hydrogens is 386 g/mol. The van der Waals surface area contributed by atoms with E-state index >= 15 is 0 Å². The lowest BCUT2D eigenvalue weighted by molar-refractivity contribution is -0.384. The molecule has 2 aromatic carbocycles. The highest BCUT2D eigenvalue weighted by atomic mass is 16.6. The number of carbonyl (C=O) groups excluding carboxylic acids is 1. The van der Waals surface area contributed by atoms with Gasteiger partial charge in [-0.15, -0.1) is 0 Å². The van der Waals surface area contributed by atoms with Crippen molar-refractivity contribution in [2.75, 3.05) is 31.6 Å². The van der Waals surface area contributed by atoms with E-state index in [0.717, 1.165) is 42.9 Å². The van der Waals surface area contributed by atoms with Crippen molar-refractivity contribution < 1.29 is 19.2 Å². The maximum absolute atomic E-state index is 12.7. The Morgan fingerprint density at radius 3 is 2.80 bits per heavy atom. The number of carbonyl (C=O) groups is 1. The van der Waals surface area contributed by atoms with Gasteiger partial charge in [-0.1, -0.05) is 18.2 Å². The van der Waals surface area contributed by atoms with Gasteiger partial charge in [0.2, 0.25) is 5.91 Å². The number of aryl methyl sites for hydroxylation is 1. The van der Waals surface area contributed by atoms with Crippen LogP contribution >= 0.6 is 0 Å². The first-order chi connectivity index (χ1) is 14.5. The van der Waals surface area contributed by atoms with Crippen LogP contribution in [0.15, 0.2) is 36.4 Å². The maximum atomic E-state index is 12.7. The van der Waals surface area contributed by atoms with E-state index in [1.165, 1.54) is 6.07 Å². The minimum atomic E-state index is -0.473. The molecule has 0 bridgehead atoms. The van der Waals surface area contributed by atoms with E-state index in [9.17, 15) is 14.9 Å². The third-order valence-electron chi connectivity index (χ3n) is 5.58. The molecule has 2 aliphatic heterocycles. The smallest absolute Gasteiger partial charge is 0.293 e. The standard InChI is InChI=1S/C22H25N3O5/c1-15-5-2-6-18(25(27)28)22(15)23-21(26)14-24-10-3-7-17(24)16-8-9-19-20(13-16)30-12-4-11-29-19/h2,5-6,8-9,13,17H,3-4,7,10-12,14H2,1H3,(H,23,26)/t17-/m1/s1. The van der Waals surface area contributed by atoms with Crippen LogP contribution in [-0.4, -0.2) is 42.0 Å². The number of para-hydroxylation sites is 1. The van der Waals surface area contributed by atoms with Gasteiger partial charge in [-0.25, -0.2) is 0 Å². The molecule has 0 aromatic heterocycles. The molecule has 1 fully saturated rings. The van der Waals surface area contributed by atoms with Crippen molar-refractivity contribution in [3.8, 4) is 11.5 Å². The van der Waals surface area contributed by atoms with Gasteiger partial charge in [0.25, 0.3) is 5.69 Å². The number of amides is 1. The fraction of sp³-hybridized carbons (Fsp3) is 0.409. The fourth-order valence-electron chi connectivity index (χ4n) is 4.11. The number of benzene rings is 2. The van der Waals surface area contributed by atoms with E-state index in [4.69, 9.17) is 9.47 Å². The zero-order valence-electron chi connectivity index (χ0n) is 16.9. The predicted molar refractivity (Wildman–Crippen MR) is 112 cm³/mol. The van der Waals surface area contributed by atoms with Crippen LogP contribution in [0.3, 0.4) is 0 Å². The molecule has 0 radical (unpaired) electrons. The summed E-state index contributed by atoms with van der Waals surface area (Å²) in [5.74, 6) is 1.25. The second kappa shape index (κ2) is 8.71. The van der Waals surface area contributed by atoms with Crippen molar-refractivity contribution in [3.63, 3.8) is 0 Å². The molecule has 30 heavy (non-hydrogen) atoms. The number of anilines is 1. The van der Waals surface area contributed by atoms with Crippen molar-refractivity contribution in [2.45, 2.75) is 32.2 Å². The molecule has 1 amide bonds. The number of fused-ring (bicyclic) bond motifs is 1. The lowest BCUT2D eigenvalue weighted by Crippen LogP contribution is -2.33. The summed E-state index contributed by atoms with van der Waals surface area (Å²) in [5, 5.41) is 14.1. The van der Waals surface area contributed by atoms with Crippen molar-refractivity contribution >= 4 is 17.3 Å². The summed E-state index contributed by atoms with van der Waals surface area (Å²) < 4.78 is 11.5. The number of hydrogen-bond acceptors (Lipinski definition) is 6. The van der Waals surface area contributed by atoms with E-state index in [1.54, 1.807) is 19.1 Å². The highest BCUT2D eigenvalue weighted by Crippen LogP contribution is 2.38. The number of nitro benzene ring substituents is 1. The Labute approximate surface area is 174 Å². The average molecular weight is 411 g/mol. The minimum absolute atomic E-state index is 0.0933. The molecule has 0 spiro atoms. The summed E-state index contributed by atoms with van der Waals surface area (Å²) in [6.45, 7) is 3.99. The van der Waals surface area contributed by atoms with Crippen molar-refractivity contribution in [1.82, 2.24) is 4.90 Å². The van der Waals surface area contributed by atoms with E-state index in [-0.39, 0.29) is 29.9 Å². The average Bonchev–Trinajstić information content (AvgIpc) is 3.04. The largest absolute Gasteiger partial charge is 0.490 e. The third-order valence-corrected chi connectivity index (χ3v) is 5.58. The SMILES string of the molecule is Cc1cccc([N+](=O)[O-])c1NC(=O)CN1CCC[C@@H]1c1ccc2c(c1)OCCCO2. The topological polar surface area (TPSA) is 93.9 Å². The van der Waals surface area contributed by atoms with Gasteiger partial charge in [0.05, 0.1) is 24.7 Å². The van der Waals surface area contributed by atoms with Crippen LogP contribution in [-0.2, 0) is 4.79 Å². The predicted octanol–water partition coefficient (Wildman–Crippen LogP) is 3.84. The van der Waals surface area contributed by atoms with Crippen molar-refractivity contribution in [2.24, 2.45) is 0 Å². The van der Waals surface area contributed by atoms with Crippen LogP contribution in [0, 0.1) is 17.0 Å². The van der Waals surface area contributed by atoms with Crippen LogP contribution in [0.1, 0.15) is 36.4 Å². The van der Waals surface area contributed by atoms with Crippen LogP contribution in [0.4, 0.5) is 11.4 Å². The monoisotopic (exact) mass is 411 g/mol. The van der Waals surface area contributed by atoms with Crippen molar-refractivity contribution in [3.05, 3.63) is 57.6 Å². The molecule has 0 aliphatic carbocycles. The van der Waals surface area contributed by atoms with Gasteiger partial charge in [-0.05, 0) is 49.6 Å². The molecule has 4 rings (SSSR count). The molecule has 0 unspecified atom stereocenters. The Balaban J connectivity index is 1.48. The zero-order chi connectivity index (χ0) is 21.1. The second-order valence-corrected chi connectivity index (χ2v) is 7.66. The molecule has 2 aliphatic rings. The molecular formula is C22H25N3O5. The highest BCUT2D eigenvalue weighted by molar-refractivity contribution is 5.95. The van der Waals surface area contributed by atoms with Gasteiger partial charge in [0, 0.05) is 18.5 Å². The van der Waals surface area contributed by atoms with Gasteiger partial charge < -0.3 is 14.8 Å². The maximum Gasteiger partial charge on any atom is 0.293 e. The molecule has 1 N–H and O–H groups in total. The molecule has 0 saturated carbocycles. The first kappa shape index (κ1) is 20.2. The van der Waals surface area contributed by atoms with E-state index in [2.05, 4.69) is 10.2 Å². The fourth-order valence-corrected chi connectivity index (χ4v) is 4.11. The summed E-state index contributed by atoms with van der Waals surface area (Å²) in [4.78, 5) is 25.7. The second-order valence-electron chi connectivity index (χ2n) is 7.66. The van der Waals surface area contributed by atoms with Gasteiger partial charge in [0.15, 0.2) is 11.5 Å². The number of rotatable bonds is 5. The Hall–Kier alpha value is -3.13. The number of ether oxygens (including phenoxy) is 2. The van der Waals surface area contributed by atoms with Crippen molar-refractivity contribution in [1.29, 1.82) is 0 Å². The minimum Gasteiger partial charge on any atom is -0.490 e. The molecule has 1 atom stereocenters. The van der Waals surface area contributed by atoms with Crippen LogP contribution in [0.25, 0.3) is 0 Å². The molecule has 8 heteroatoms. The first-order valence-corrected chi connectivity index (χ1v) is 10.2. The molecule has 2 heterocycles. The van der Waals surface area contributed by atoms with Gasteiger partial charge in [0.1, 0.15) is 5.69 Å². The van der Waals surface area contributed by atoms with E-state index in [0.29, 0.717) is 18.8 Å². The van der Waals surface area contributed by atoms with E-state index < -0.39 is 4.92 Å². The summed E-state index contributed by atoms with van der Waals surface area (Å²) in [6, 6.07) is 10.8. The molecule has 1 saturated heterocycles. The number of nitro groups is 1. The Morgan fingerprint density at radius 2 is 2.00 bits per heavy atom. The van der Waals surface area contributed by atoms with Gasteiger partial charge >= 0.3 is 0 Å². The quantitative estimate of drug-likeness (QED) is 0.593. The Bertz CT molecular complexity index is 962. The number of likely N-dealkylation sites (tertiary alicyclic amines) is 1. The van der Waals surface area contributed by atoms with Gasteiger partial charge in [-0.3, -0.25) is 19.8 Å². The van der Waals surface area contributed by atoms with Crippen LogP contribution in [0.2, 0.25) is 0 Å². The Kier molecular flexibility index (Phi) is 5.85. The van der Waals surface area contributed by atoms with Crippen LogP contribution < -0.4 is 14.8 Å². The molecule has 8 nitrogen and oxygen atoms in total. The summed E-state index contributed by atoms with van der Waals surface area (Å²) in [7, 11) is 0. The zero-order valence-corrected chi connectivity index (χ0v) is 16.9. The highest BCUT2D eigenvalue weighted by Gasteiger charge is 2.29. The van der Waals surface area contributed by atoms with E-state index in [1.807, 2.05) is 18.2 Å². The number of nitrogens with one attached hydrogen (secondary N) is 1. The first-order valence-electron chi connectivity index (χ1n) is 10.2. The normalized spacial score (nSPS) is 18.6. The van der Waals surface area contributed by atoms with Gasteiger partial charge in [-0.2, -0.15) is 0 Å². The third kappa shape index (κ3) is 4.23.